The van der Waals surface area contributed by atoms with Gasteiger partial charge in [0.2, 0.25) is 0 Å². The number of rotatable bonds is 4. The molecule has 1 aromatic carbocycles. The van der Waals surface area contributed by atoms with Gasteiger partial charge in [-0.3, -0.25) is 0 Å². The number of likely N-dealkylation sites (tertiary alicyclic amines) is 1. The maximum atomic E-state index is 12.7. The van der Waals surface area contributed by atoms with Gasteiger partial charge >= 0.3 is 15.6 Å². The molecule has 0 spiro atoms. The number of para-hydroxylation sites is 1. The Labute approximate surface area is 157 Å². The lowest BCUT2D eigenvalue weighted by Crippen LogP contribution is -2.43. The molecule has 0 aromatic heterocycles. The van der Waals surface area contributed by atoms with Crippen molar-refractivity contribution in [2.24, 2.45) is 11.8 Å². The summed E-state index contributed by atoms with van der Waals surface area (Å²) in [4.78, 5) is 2.54. The molecule has 0 amide bonds. The molecular formula is C19H24F3NO3S. The fraction of sp³-hybridized carbons (Fsp3) is 0.684. The molecule has 3 fully saturated rings. The monoisotopic (exact) mass is 403 g/mol. The molecule has 3 atom stereocenters. The Morgan fingerprint density at radius 2 is 1.70 bits per heavy atom. The van der Waals surface area contributed by atoms with Crippen LogP contribution in [0.4, 0.5) is 13.2 Å². The highest BCUT2D eigenvalue weighted by Crippen LogP contribution is 2.48. The first-order chi connectivity index (χ1) is 12.7. The Hall–Kier alpha value is -1.28. The van der Waals surface area contributed by atoms with Crippen LogP contribution in [0.5, 0.6) is 5.75 Å². The normalized spacial score (nSPS) is 30.0. The topological polar surface area (TPSA) is 46.6 Å². The standard InChI is InChI=1S/C19H24F3NO3S/c20-19(21,22)27(24,25)26-18-4-2-1-3-16(18)14-7-9-23(10-8-14)17-12-13-5-6-15(17)11-13/h1-4,13-15,17H,5-12H2/t13-,15+,17+/m0/s1. The summed E-state index contributed by atoms with van der Waals surface area (Å²) in [6.45, 7) is 1.80. The molecule has 1 saturated heterocycles. The number of fused-ring (bicyclic) bond motifs is 2. The lowest BCUT2D eigenvalue weighted by molar-refractivity contribution is -0.0500. The van der Waals surface area contributed by atoms with Crippen molar-refractivity contribution < 1.29 is 25.8 Å². The molecule has 1 aromatic rings. The van der Waals surface area contributed by atoms with E-state index in [1.54, 1.807) is 12.1 Å². The highest BCUT2D eigenvalue weighted by molar-refractivity contribution is 7.88. The van der Waals surface area contributed by atoms with Crippen LogP contribution in [0.1, 0.15) is 50.0 Å². The van der Waals surface area contributed by atoms with Crippen molar-refractivity contribution in [3.63, 3.8) is 0 Å². The molecule has 8 heteroatoms. The Kier molecular flexibility index (Phi) is 4.91. The maximum absolute atomic E-state index is 12.7. The lowest BCUT2D eigenvalue weighted by atomic mass is 9.86. The number of nitrogens with zero attached hydrogens (tertiary/aromatic N) is 1. The lowest BCUT2D eigenvalue weighted by Gasteiger charge is -2.40. The minimum atomic E-state index is -5.65. The van der Waals surface area contributed by atoms with E-state index in [1.165, 1.54) is 37.8 Å². The van der Waals surface area contributed by atoms with E-state index in [0.29, 0.717) is 11.6 Å². The second-order valence-electron chi connectivity index (χ2n) is 8.07. The van der Waals surface area contributed by atoms with Crippen LogP contribution in [-0.4, -0.2) is 38.0 Å². The van der Waals surface area contributed by atoms with Gasteiger partial charge in [-0.05, 0) is 74.6 Å². The Bertz CT molecular complexity index is 788. The van der Waals surface area contributed by atoms with Crippen molar-refractivity contribution in [2.45, 2.75) is 56.0 Å². The van der Waals surface area contributed by atoms with E-state index in [-0.39, 0.29) is 11.7 Å². The minimum absolute atomic E-state index is 0.0134. The van der Waals surface area contributed by atoms with E-state index in [9.17, 15) is 21.6 Å². The molecule has 0 unspecified atom stereocenters. The largest absolute Gasteiger partial charge is 0.534 e. The first-order valence-electron chi connectivity index (χ1n) is 9.58. The molecule has 4 rings (SSSR count). The van der Waals surface area contributed by atoms with Gasteiger partial charge in [0.1, 0.15) is 5.75 Å². The molecule has 150 valence electrons. The highest BCUT2D eigenvalue weighted by atomic mass is 32.2. The smallest absolute Gasteiger partial charge is 0.376 e. The van der Waals surface area contributed by atoms with E-state index < -0.39 is 15.6 Å². The Morgan fingerprint density at radius 3 is 2.30 bits per heavy atom. The van der Waals surface area contributed by atoms with Crippen LogP contribution in [0.2, 0.25) is 0 Å². The van der Waals surface area contributed by atoms with E-state index >= 15 is 0 Å². The van der Waals surface area contributed by atoms with E-state index in [4.69, 9.17) is 0 Å². The fourth-order valence-electron chi connectivity index (χ4n) is 5.26. The van der Waals surface area contributed by atoms with Crippen LogP contribution >= 0.6 is 0 Å². The van der Waals surface area contributed by atoms with Crippen molar-refractivity contribution in [2.75, 3.05) is 13.1 Å². The number of benzene rings is 1. The van der Waals surface area contributed by atoms with Gasteiger partial charge in [0.25, 0.3) is 0 Å². The first-order valence-corrected chi connectivity index (χ1v) is 11.0. The number of hydrogen-bond acceptors (Lipinski definition) is 4. The average molecular weight is 403 g/mol. The van der Waals surface area contributed by atoms with Crippen molar-refractivity contribution >= 4 is 10.1 Å². The average Bonchev–Trinajstić information content (AvgIpc) is 3.24. The van der Waals surface area contributed by atoms with Crippen molar-refractivity contribution in [1.29, 1.82) is 0 Å². The Morgan fingerprint density at radius 1 is 1.00 bits per heavy atom. The fourth-order valence-corrected chi connectivity index (χ4v) is 5.74. The zero-order chi connectivity index (χ0) is 19.2. The van der Waals surface area contributed by atoms with Crippen LogP contribution in [0.15, 0.2) is 24.3 Å². The molecule has 4 nitrogen and oxygen atoms in total. The van der Waals surface area contributed by atoms with Crippen LogP contribution in [-0.2, 0) is 10.1 Å². The van der Waals surface area contributed by atoms with Gasteiger partial charge in [0, 0.05) is 6.04 Å². The summed E-state index contributed by atoms with van der Waals surface area (Å²) in [5.74, 6) is 1.49. The molecule has 0 N–H and O–H groups in total. The number of halogens is 3. The third-order valence-electron chi connectivity index (χ3n) is 6.54. The van der Waals surface area contributed by atoms with Gasteiger partial charge in [-0.1, -0.05) is 24.6 Å². The molecule has 2 bridgehead atoms. The molecular weight excluding hydrogens is 379 g/mol. The summed E-state index contributed by atoms with van der Waals surface area (Å²) in [7, 11) is -5.65. The van der Waals surface area contributed by atoms with Crippen molar-refractivity contribution in [1.82, 2.24) is 4.90 Å². The first kappa shape index (κ1) is 19.1. The summed E-state index contributed by atoms with van der Waals surface area (Å²) < 4.78 is 65.3. The highest BCUT2D eigenvalue weighted by Gasteiger charge is 2.49. The van der Waals surface area contributed by atoms with Gasteiger partial charge in [0.15, 0.2) is 0 Å². The van der Waals surface area contributed by atoms with Crippen LogP contribution in [0, 0.1) is 11.8 Å². The molecule has 1 heterocycles. The molecule has 1 aliphatic heterocycles. The van der Waals surface area contributed by atoms with Gasteiger partial charge < -0.3 is 9.08 Å². The van der Waals surface area contributed by atoms with Crippen molar-refractivity contribution in [3.05, 3.63) is 29.8 Å². The number of piperidine rings is 1. The summed E-state index contributed by atoms with van der Waals surface area (Å²) in [6, 6.07) is 6.85. The minimum Gasteiger partial charge on any atom is -0.376 e. The zero-order valence-electron chi connectivity index (χ0n) is 15.0. The Balaban J connectivity index is 1.44. The molecule has 3 aliphatic rings. The second-order valence-corrected chi connectivity index (χ2v) is 9.61. The molecule has 0 radical (unpaired) electrons. The molecule has 27 heavy (non-hydrogen) atoms. The van der Waals surface area contributed by atoms with Gasteiger partial charge in [0.05, 0.1) is 0 Å². The van der Waals surface area contributed by atoms with Gasteiger partial charge in [-0.15, -0.1) is 0 Å². The van der Waals surface area contributed by atoms with Gasteiger partial charge in [-0.2, -0.15) is 21.6 Å². The SMILES string of the molecule is O=S(=O)(Oc1ccccc1C1CCN([C@@H]2C[C@H]3CC[C@@H]2C3)CC1)C(F)(F)F. The maximum Gasteiger partial charge on any atom is 0.534 e. The van der Waals surface area contributed by atoms with E-state index in [1.807, 2.05) is 0 Å². The van der Waals surface area contributed by atoms with Crippen LogP contribution in [0.3, 0.4) is 0 Å². The second kappa shape index (κ2) is 6.95. The third-order valence-corrected chi connectivity index (χ3v) is 7.51. The van der Waals surface area contributed by atoms with E-state index in [0.717, 1.165) is 37.8 Å². The summed E-state index contributed by atoms with van der Waals surface area (Å²) in [5.41, 5.74) is -4.87. The van der Waals surface area contributed by atoms with Crippen molar-refractivity contribution in [3.8, 4) is 5.75 Å². The number of hydrogen-bond donors (Lipinski definition) is 0. The van der Waals surface area contributed by atoms with E-state index in [2.05, 4.69) is 9.08 Å². The van der Waals surface area contributed by atoms with Crippen LogP contribution in [0.25, 0.3) is 0 Å². The number of alkyl halides is 3. The quantitative estimate of drug-likeness (QED) is 0.556. The van der Waals surface area contributed by atoms with Crippen LogP contribution < -0.4 is 4.18 Å². The predicted molar refractivity (Wildman–Crippen MR) is 94.8 cm³/mol. The summed E-state index contributed by atoms with van der Waals surface area (Å²) in [6.07, 6.45) is 6.91. The molecule has 2 saturated carbocycles. The third kappa shape index (κ3) is 3.70. The summed E-state index contributed by atoms with van der Waals surface area (Å²) in [5, 5.41) is 0. The predicted octanol–water partition coefficient (Wildman–Crippen LogP) is 4.28. The molecule has 2 aliphatic carbocycles. The zero-order valence-corrected chi connectivity index (χ0v) is 15.8. The summed E-state index contributed by atoms with van der Waals surface area (Å²) >= 11 is 0. The van der Waals surface area contributed by atoms with Gasteiger partial charge in [-0.25, -0.2) is 0 Å².